The van der Waals surface area contributed by atoms with E-state index in [1.807, 2.05) is 6.07 Å². The number of nitrogens with zero attached hydrogens (tertiary/aromatic N) is 4. The van der Waals surface area contributed by atoms with Crippen molar-refractivity contribution in [2.75, 3.05) is 18.1 Å². The molecule has 9 heteroatoms. The number of benzene rings is 1. The largest absolute Gasteiger partial charge is 0.351 e. The third kappa shape index (κ3) is 4.00. The first-order valence-electron chi connectivity index (χ1n) is 7.73. The molecule has 0 fully saturated rings. The molecular formula is C16H17N5O3S. The van der Waals surface area contributed by atoms with Crippen LogP contribution in [0.4, 0.5) is 0 Å². The zero-order chi connectivity index (χ0) is 17.9. The second-order valence-electron chi connectivity index (χ2n) is 5.42. The summed E-state index contributed by atoms with van der Waals surface area (Å²) >= 11 is 0. The van der Waals surface area contributed by atoms with Gasteiger partial charge in [-0.1, -0.05) is 19.1 Å². The van der Waals surface area contributed by atoms with Crippen molar-refractivity contribution in [3.05, 3.63) is 48.5 Å². The molecule has 1 aromatic carbocycles. The Morgan fingerprint density at radius 3 is 2.88 bits per heavy atom. The average Bonchev–Trinajstić information content (AvgIpc) is 3.09. The summed E-state index contributed by atoms with van der Waals surface area (Å²) in [6, 6.07) is 7.02. The monoisotopic (exact) mass is 359 g/mol. The average molecular weight is 359 g/mol. The second-order valence-corrected chi connectivity index (χ2v) is 7.89. The van der Waals surface area contributed by atoms with Gasteiger partial charge in [-0.3, -0.25) is 4.79 Å². The van der Waals surface area contributed by atoms with Gasteiger partial charge in [0.2, 0.25) is 0 Å². The van der Waals surface area contributed by atoms with E-state index in [1.54, 1.807) is 42.0 Å². The molecule has 0 radical (unpaired) electrons. The number of rotatable bonds is 6. The Morgan fingerprint density at radius 1 is 1.24 bits per heavy atom. The second kappa shape index (κ2) is 6.98. The molecule has 25 heavy (non-hydrogen) atoms. The number of fused-ring (bicyclic) bond motifs is 1. The highest BCUT2D eigenvalue weighted by molar-refractivity contribution is 7.91. The van der Waals surface area contributed by atoms with Crippen LogP contribution < -0.4 is 5.32 Å². The fourth-order valence-corrected chi connectivity index (χ4v) is 2.98. The fraction of sp³-hybridized carbons (Fsp3) is 0.250. The van der Waals surface area contributed by atoms with Crippen molar-refractivity contribution >= 4 is 21.5 Å². The van der Waals surface area contributed by atoms with Crippen molar-refractivity contribution < 1.29 is 13.2 Å². The van der Waals surface area contributed by atoms with E-state index < -0.39 is 9.84 Å². The summed E-state index contributed by atoms with van der Waals surface area (Å²) < 4.78 is 24.5. The van der Waals surface area contributed by atoms with Crippen molar-refractivity contribution in [2.45, 2.75) is 6.92 Å². The molecule has 2 heterocycles. The molecule has 0 unspecified atom stereocenters. The molecule has 0 atom stereocenters. The van der Waals surface area contributed by atoms with Crippen molar-refractivity contribution in [3.8, 4) is 11.1 Å². The molecule has 0 saturated carbocycles. The van der Waals surface area contributed by atoms with Crippen LogP contribution >= 0.6 is 0 Å². The molecule has 0 aliphatic heterocycles. The van der Waals surface area contributed by atoms with Crippen LogP contribution in [0.2, 0.25) is 0 Å². The molecule has 0 aliphatic carbocycles. The number of aromatic nitrogens is 4. The number of hydrogen-bond acceptors (Lipinski definition) is 6. The Morgan fingerprint density at radius 2 is 2.08 bits per heavy atom. The van der Waals surface area contributed by atoms with Gasteiger partial charge in [0, 0.05) is 35.8 Å². The molecule has 3 aromatic rings. The minimum atomic E-state index is -3.10. The Bertz CT molecular complexity index is 1010. The minimum Gasteiger partial charge on any atom is -0.351 e. The summed E-state index contributed by atoms with van der Waals surface area (Å²) in [7, 11) is -3.10. The first-order valence-corrected chi connectivity index (χ1v) is 9.55. The normalized spacial score (nSPS) is 11.6. The van der Waals surface area contributed by atoms with Gasteiger partial charge in [0.1, 0.15) is 6.33 Å². The fourth-order valence-electron chi connectivity index (χ4n) is 2.28. The Kier molecular flexibility index (Phi) is 4.75. The van der Waals surface area contributed by atoms with E-state index in [0.717, 1.165) is 11.1 Å². The quantitative estimate of drug-likeness (QED) is 0.702. The van der Waals surface area contributed by atoms with Gasteiger partial charge in [-0.05, 0) is 17.7 Å². The van der Waals surface area contributed by atoms with Gasteiger partial charge in [-0.25, -0.2) is 17.9 Å². The highest BCUT2D eigenvalue weighted by Crippen LogP contribution is 2.19. The molecule has 1 N–H and O–H groups in total. The lowest BCUT2D eigenvalue weighted by molar-refractivity contribution is 0.0956. The highest BCUT2D eigenvalue weighted by atomic mass is 32.2. The van der Waals surface area contributed by atoms with Crippen LogP contribution in [0.25, 0.3) is 16.9 Å². The van der Waals surface area contributed by atoms with Gasteiger partial charge in [0.05, 0.1) is 5.75 Å². The summed E-state index contributed by atoms with van der Waals surface area (Å²) in [5, 5.41) is 6.67. The third-order valence-electron chi connectivity index (χ3n) is 3.73. The summed E-state index contributed by atoms with van der Waals surface area (Å²) in [4.78, 5) is 20.4. The van der Waals surface area contributed by atoms with E-state index in [4.69, 9.17) is 0 Å². The number of sulfone groups is 1. The number of carbonyl (C=O) groups excluding carboxylic acids is 1. The minimum absolute atomic E-state index is 0.0656. The number of carbonyl (C=O) groups is 1. The van der Waals surface area contributed by atoms with Crippen molar-refractivity contribution in [1.29, 1.82) is 0 Å². The lowest BCUT2D eigenvalue weighted by Gasteiger charge is -2.07. The zero-order valence-electron chi connectivity index (χ0n) is 13.6. The Labute approximate surface area is 144 Å². The van der Waals surface area contributed by atoms with Crippen LogP contribution in [-0.4, -0.2) is 52.0 Å². The standard InChI is InChI=1S/C16H17N5O3S/c1-2-25(23,24)7-6-17-15(22)13-5-3-4-12(8-13)14-9-18-16-19-11-20-21(16)10-14/h3-5,8-11H,2,6-7H2,1H3,(H,17,22). The van der Waals surface area contributed by atoms with Gasteiger partial charge >= 0.3 is 0 Å². The van der Waals surface area contributed by atoms with Crippen LogP contribution in [0, 0.1) is 0 Å². The van der Waals surface area contributed by atoms with Crippen LogP contribution in [0.5, 0.6) is 0 Å². The summed E-state index contributed by atoms with van der Waals surface area (Å²) in [5.74, 6) is 0.176. The summed E-state index contributed by atoms with van der Waals surface area (Å²) in [6.45, 7) is 1.67. The predicted octanol–water partition coefficient (Wildman–Crippen LogP) is 0.956. The molecule has 0 saturated heterocycles. The van der Waals surface area contributed by atoms with E-state index >= 15 is 0 Å². The van der Waals surface area contributed by atoms with Crippen molar-refractivity contribution in [2.24, 2.45) is 0 Å². The van der Waals surface area contributed by atoms with Gasteiger partial charge in [0.25, 0.3) is 11.7 Å². The number of hydrogen-bond donors (Lipinski definition) is 1. The number of amides is 1. The first-order chi connectivity index (χ1) is 12.0. The van der Waals surface area contributed by atoms with E-state index in [9.17, 15) is 13.2 Å². The summed E-state index contributed by atoms with van der Waals surface area (Å²) in [6.07, 6.45) is 4.86. The molecular weight excluding hydrogens is 342 g/mol. The Hall–Kier alpha value is -2.81. The van der Waals surface area contributed by atoms with E-state index in [1.165, 1.54) is 6.33 Å². The van der Waals surface area contributed by atoms with Gasteiger partial charge in [-0.15, -0.1) is 0 Å². The van der Waals surface area contributed by atoms with Crippen LogP contribution in [0.1, 0.15) is 17.3 Å². The smallest absolute Gasteiger partial charge is 0.252 e. The molecule has 1 amide bonds. The first kappa shape index (κ1) is 17.0. The van der Waals surface area contributed by atoms with Crippen LogP contribution in [-0.2, 0) is 9.84 Å². The zero-order valence-corrected chi connectivity index (χ0v) is 14.4. The molecule has 2 aromatic heterocycles. The highest BCUT2D eigenvalue weighted by Gasteiger charge is 2.11. The lowest BCUT2D eigenvalue weighted by Crippen LogP contribution is -2.29. The lowest BCUT2D eigenvalue weighted by atomic mass is 10.1. The summed E-state index contributed by atoms with van der Waals surface area (Å²) in [5.41, 5.74) is 2.05. The number of nitrogens with one attached hydrogen (secondary N) is 1. The SMILES string of the molecule is CCS(=O)(=O)CCNC(=O)c1cccc(-c2cnc3ncnn3c2)c1. The van der Waals surface area contributed by atoms with E-state index in [-0.39, 0.29) is 24.0 Å². The van der Waals surface area contributed by atoms with Gasteiger partial charge < -0.3 is 5.32 Å². The van der Waals surface area contributed by atoms with E-state index in [0.29, 0.717) is 11.3 Å². The third-order valence-corrected chi connectivity index (χ3v) is 5.44. The maximum absolute atomic E-state index is 12.2. The van der Waals surface area contributed by atoms with Gasteiger partial charge in [0.15, 0.2) is 9.84 Å². The molecule has 8 nitrogen and oxygen atoms in total. The molecule has 0 aliphatic rings. The van der Waals surface area contributed by atoms with Crippen molar-refractivity contribution in [3.63, 3.8) is 0 Å². The molecule has 0 bridgehead atoms. The molecule has 3 rings (SSSR count). The van der Waals surface area contributed by atoms with E-state index in [2.05, 4.69) is 20.4 Å². The molecule has 0 spiro atoms. The predicted molar refractivity (Wildman–Crippen MR) is 92.9 cm³/mol. The van der Waals surface area contributed by atoms with Crippen LogP contribution in [0.3, 0.4) is 0 Å². The van der Waals surface area contributed by atoms with Crippen LogP contribution in [0.15, 0.2) is 43.0 Å². The topological polar surface area (TPSA) is 106 Å². The maximum atomic E-state index is 12.2. The van der Waals surface area contributed by atoms with Crippen molar-refractivity contribution in [1.82, 2.24) is 24.9 Å². The Balaban J connectivity index is 1.75. The maximum Gasteiger partial charge on any atom is 0.252 e. The van der Waals surface area contributed by atoms with Gasteiger partial charge in [-0.2, -0.15) is 10.1 Å². The molecule has 130 valence electrons.